The first-order chi connectivity index (χ1) is 10.8. The van der Waals surface area contributed by atoms with Gasteiger partial charge in [0, 0.05) is 5.48 Å². The van der Waals surface area contributed by atoms with Gasteiger partial charge >= 0.3 is 0 Å². The molecule has 0 saturated heterocycles. The fourth-order valence-electron chi connectivity index (χ4n) is 4.03. The van der Waals surface area contributed by atoms with Crippen molar-refractivity contribution in [2.75, 3.05) is 0 Å². The van der Waals surface area contributed by atoms with Crippen LogP contribution in [0.5, 0.6) is 0 Å². The van der Waals surface area contributed by atoms with Crippen LogP contribution in [0.1, 0.15) is 103 Å². The molecule has 0 spiro atoms. The molecule has 0 radical (unpaired) electrons. The molecule has 2 saturated carbocycles. The Morgan fingerprint density at radius 3 is 1.95 bits per heavy atom. The molecule has 0 aliphatic heterocycles. The molecule has 2 aliphatic carbocycles. The summed E-state index contributed by atoms with van der Waals surface area (Å²) in [5.41, 5.74) is 0. The van der Waals surface area contributed by atoms with E-state index in [4.69, 9.17) is 5.48 Å². The van der Waals surface area contributed by atoms with Crippen LogP contribution in [0.3, 0.4) is 0 Å². The highest BCUT2D eigenvalue weighted by atomic mass is 14.4. The van der Waals surface area contributed by atoms with Gasteiger partial charge in [0.2, 0.25) is 0 Å². The van der Waals surface area contributed by atoms with Crippen molar-refractivity contribution in [3.05, 3.63) is 0 Å². The van der Waals surface area contributed by atoms with Crippen LogP contribution in [0.25, 0.3) is 0 Å². The quantitative estimate of drug-likeness (QED) is 0.510. The van der Waals surface area contributed by atoms with Gasteiger partial charge < -0.3 is 0 Å². The lowest BCUT2D eigenvalue weighted by Crippen LogP contribution is -2.25. The Morgan fingerprint density at radius 2 is 1.37 bits per heavy atom. The number of rotatable bonds is 6. The maximum Gasteiger partial charge on any atom is 0.0269 e. The van der Waals surface area contributed by atoms with E-state index in [0.717, 1.165) is 18.8 Å². The smallest absolute Gasteiger partial charge is 0.0269 e. The minimum absolute atomic E-state index is 0.250. The predicted molar refractivity (Wildman–Crippen MR) is 85.3 cm³/mol. The Bertz CT molecular complexity index is 340. The van der Waals surface area contributed by atoms with Crippen LogP contribution in [0, 0.1) is 23.7 Å². The molecule has 2 aliphatic rings. The molecule has 2 rings (SSSR count). The summed E-state index contributed by atoms with van der Waals surface area (Å²) in [4.78, 5) is 0. The van der Waals surface area contributed by atoms with Gasteiger partial charge in [-0.15, -0.1) is 0 Å². The lowest BCUT2D eigenvalue weighted by molar-refractivity contribution is 0.140. The van der Waals surface area contributed by atoms with Crippen LogP contribution in [-0.4, -0.2) is 0 Å². The normalized spacial score (nSPS) is 44.7. The van der Waals surface area contributed by atoms with Gasteiger partial charge in [-0.1, -0.05) is 71.5 Å². The summed E-state index contributed by atoms with van der Waals surface area (Å²) in [6.07, 6.45) is 8.72. The molecule has 0 aromatic rings. The third kappa shape index (κ3) is 4.80. The highest BCUT2D eigenvalue weighted by Gasteiger charge is 2.30. The van der Waals surface area contributed by atoms with E-state index in [1.165, 1.54) is 38.5 Å². The van der Waals surface area contributed by atoms with Crippen molar-refractivity contribution in [3.8, 4) is 0 Å². The Labute approximate surface area is 127 Å². The van der Waals surface area contributed by atoms with Crippen molar-refractivity contribution in [2.45, 2.75) is 97.2 Å². The third-order valence-electron chi connectivity index (χ3n) is 5.35. The summed E-state index contributed by atoms with van der Waals surface area (Å²) in [5, 5.41) is 0. The summed E-state index contributed by atoms with van der Waals surface area (Å²) in [7, 11) is 0. The molecule has 112 valence electrons. The number of hydrogen-bond donors (Lipinski definition) is 0. The van der Waals surface area contributed by atoms with Crippen LogP contribution < -0.4 is 0 Å². The Balaban J connectivity index is 1.98. The fraction of sp³-hybridized carbons (Fsp3) is 1.00. The standard InChI is InChI=1S/C19H36/c1-3-5-7-17-10-14-19(15-11-17)18-12-8-16(6-4-2)9-13-18/h16-19H,3-15H2,1-2H3/i10D2,11D2. The van der Waals surface area contributed by atoms with E-state index in [9.17, 15) is 0 Å². The van der Waals surface area contributed by atoms with Crippen molar-refractivity contribution in [3.63, 3.8) is 0 Å². The zero-order valence-corrected chi connectivity index (χ0v) is 13.1. The summed E-state index contributed by atoms with van der Waals surface area (Å²) in [6.45, 7) is 4.36. The van der Waals surface area contributed by atoms with E-state index in [1.54, 1.807) is 0 Å². The van der Waals surface area contributed by atoms with Crippen molar-refractivity contribution >= 4 is 0 Å². The van der Waals surface area contributed by atoms with Crippen molar-refractivity contribution < 1.29 is 5.48 Å². The monoisotopic (exact) mass is 268 g/mol. The zero-order chi connectivity index (χ0) is 17.1. The van der Waals surface area contributed by atoms with E-state index >= 15 is 0 Å². The average Bonchev–Trinajstić information content (AvgIpc) is 2.46. The second kappa shape index (κ2) is 8.32. The van der Waals surface area contributed by atoms with Crippen molar-refractivity contribution in [1.29, 1.82) is 0 Å². The molecule has 0 atom stereocenters. The highest BCUT2D eigenvalue weighted by molar-refractivity contribution is 4.82. The van der Waals surface area contributed by atoms with Gasteiger partial charge in [-0.2, -0.15) is 0 Å². The van der Waals surface area contributed by atoms with E-state index in [1.807, 2.05) is 0 Å². The Morgan fingerprint density at radius 1 is 0.737 bits per heavy atom. The molecule has 0 aromatic heterocycles. The van der Waals surface area contributed by atoms with Crippen LogP contribution >= 0.6 is 0 Å². The van der Waals surface area contributed by atoms with Gasteiger partial charge in [0.15, 0.2) is 0 Å². The summed E-state index contributed by atoms with van der Waals surface area (Å²) < 4.78 is 34.0. The molecule has 2 fully saturated rings. The van der Waals surface area contributed by atoms with Gasteiger partial charge in [-0.25, -0.2) is 0 Å². The number of hydrogen-bond acceptors (Lipinski definition) is 0. The molecule has 0 bridgehead atoms. The van der Waals surface area contributed by atoms with Crippen LogP contribution in [-0.2, 0) is 0 Å². The molecule has 0 heteroatoms. The van der Waals surface area contributed by atoms with Gasteiger partial charge in [-0.3, -0.25) is 0 Å². The zero-order valence-electron chi connectivity index (χ0n) is 17.1. The largest absolute Gasteiger partial charge is 0.0654 e. The summed E-state index contributed by atoms with van der Waals surface area (Å²) >= 11 is 0. The topological polar surface area (TPSA) is 0 Å². The van der Waals surface area contributed by atoms with Gasteiger partial charge in [-0.05, 0) is 49.4 Å². The van der Waals surface area contributed by atoms with Crippen LogP contribution in [0.4, 0.5) is 0 Å². The van der Waals surface area contributed by atoms with E-state index in [-0.39, 0.29) is 5.92 Å². The third-order valence-corrected chi connectivity index (χ3v) is 5.35. The minimum Gasteiger partial charge on any atom is -0.0654 e. The van der Waals surface area contributed by atoms with Gasteiger partial charge in [0.05, 0.1) is 0 Å². The molecule has 0 unspecified atom stereocenters. The molecular formula is C19H36. The second-order valence-corrected chi connectivity index (χ2v) is 6.84. The molecule has 0 heterocycles. The van der Waals surface area contributed by atoms with E-state index in [2.05, 4.69) is 13.8 Å². The van der Waals surface area contributed by atoms with Crippen LogP contribution in [0.2, 0.25) is 0 Å². The maximum absolute atomic E-state index is 8.50. The molecule has 0 aromatic carbocycles. The van der Waals surface area contributed by atoms with E-state index in [0.29, 0.717) is 25.2 Å². The first-order valence-electron chi connectivity index (χ1n) is 10.8. The summed E-state index contributed by atoms with van der Waals surface area (Å²) in [6, 6.07) is 0. The second-order valence-electron chi connectivity index (χ2n) is 6.84. The SMILES string of the molecule is [2H]C1([2H])CC(C2CCC(CCC)CC2)CC([2H])([2H])C1CCCC. The highest BCUT2D eigenvalue weighted by Crippen LogP contribution is 2.42. The maximum atomic E-state index is 8.50. The number of unbranched alkanes of at least 4 members (excludes halogenated alkanes) is 1. The average molecular weight is 269 g/mol. The first-order valence-corrected chi connectivity index (χ1v) is 8.80. The molecule has 0 amide bonds. The minimum atomic E-state index is -1.33. The van der Waals surface area contributed by atoms with Crippen LogP contribution in [0.15, 0.2) is 0 Å². The van der Waals surface area contributed by atoms with Gasteiger partial charge in [0.1, 0.15) is 0 Å². The summed E-state index contributed by atoms with van der Waals surface area (Å²) in [5.74, 6) is 1.26. The van der Waals surface area contributed by atoms with Crippen molar-refractivity contribution in [1.82, 2.24) is 0 Å². The molecular weight excluding hydrogens is 228 g/mol. The van der Waals surface area contributed by atoms with E-state index < -0.39 is 18.7 Å². The Kier molecular flexibility index (Phi) is 4.68. The predicted octanol–water partition coefficient (Wildman–Crippen LogP) is 6.59. The lowest BCUT2D eigenvalue weighted by Gasteiger charge is -2.38. The van der Waals surface area contributed by atoms with Gasteiger partial charge in [0.25, 0.3) is 0 Å². The molecule has 19 heavy (non-hydrogen) atoms. The molecule has 0 N–H and O–H groups in total. The Hall–Kier alpha value is 0. The first kappa shape index (κ1) is 10.7. The van der Waals surface area contributed by atoms with Crippen molar-refractivity contribution in [2.24, 2.45) is 23.7 Å². The fourth-order valence-corrected chi connectivity index (χ4v) is 4.03. The molecule has 0 nitrogen and oxygen atoms in total. The lowest BCUT2D eigenvalue weighted by atomic mass is 9.68.